The van der Waals surface area contributed by atoms with Gasteiger partial charge in [0.15, 0.2) is 6.29 Å². The van der Waals surface area contributed by atoms with Gasteiger partial charge in [-0.3, -0.25) is 9.59 Å². The molecule has 2 aliphatic heterocycles. The Kier molecular flexibility index (Phi) is 8.42. The van der Waals surface area contributed by atoms with Crippen LogP contribution in [0.25, 0.3) is 0 Å². The molecule has 3 atom stereocenters. The minimum absolute atomic E-state index is 0.0581. The van der Waals surface area contributed by atoms with Crippen LogP contribution in [0.3, 0.4) is 0 Å². The number of carbonyl (C=O) groups is 2. The van der Waals surface area contributed by atoms with Crippen molar-refractivity contribution in [3.05, 3.63) is 35.4 Å². The number of rotatable bonds is 9. The van der Waals surface area contributed by atoms with Crippen molar-refractivity contribution >= 4 is 11.8 Å². The molecular formula is C27H40N2O4. The van der Waals surface area contributed by atoms with Crippen LogP contribution >= 0.6 is 0 Å². The summed E-state index contributed by atoms with van der Waals surface area (Å²) in [5.41, 5.74) is 2.90. The largest absolute Gasteiger partial charge is 0.351 e. The average molecular weight is 457 g/mol. The van der Waals surface area contributed by atoms with E-state index in [4.69, 9.17) is 9.47 Å². The van der Waals surface area contributed by atoms with E-state index in [0.717, 1.165) is 57.9 Å². The summed E-state index contributed by atoms with van der Waals surface area (Å²) >= 11 is 0. The molecule has 1 aromatic rings. The van der Waals surface area contributed by atoms with Crippen LogP contribution in [0, 0.1) is 5.92 Å². The molecule has 2 fully saturated rings. The minimum Gasteiger partial charge on any atom is -0.351 e. The van der Waals surface area contributed by atoms with Crippen molar-refractivity contribution in [2.24, 2.45) is 5.92 Å². The molecule has 1 aromatic carbocycles. The first kappa shape index (κ1) is 24.2. The Labute approximate surface area is 198 Å². The molecule has 6 heteroatoms. The van der Waals surface area contributed by atoms with Crippen LogP contribution < -0.4 is 0 Å². The molecule has 2 amide bonds. The second-order valence-corrected chi connectivity index (χ2v) is 9.68. The highest BCUT2D eigenvalue weighted by Crippen LogP contribution is 2.31. The van der Waals surface area contributed by atoms with Crippen LogP contribution in [-0.2, 0) is 31.9 Å². The third-order valence-electron chi connectivity index (χ3n) is 7.63. The van der Waals surface area contributed by atoms with Gasteiger partial charge < -0.3 is 19.3 Å². The van der Waals surface area contributed by atoms with E-state index in [1.165, 1.54) is 11.1 Å². The Morgan fingerprint density at radius 2 is 1.67 bits per heavy atom. The smallest absolute Gasteiger partial charge is 0.245 e. The van der Waals surface area contributed by atoms with E-state index in [1.54, 1.807) is 0 Å². The lowest BCUT2D eigenvalue weighted by molar-refractivity contribution is -0.177. The summed E-state index contributed by atoms with van der Waals surface area (Å²) in [5.74, 6) is 0.785. The monoisotopic (exact) mass is 456 g/mol. The Balaban J connectivity index is 1.34. The Morgan fingerprint density at radius 1 is 0.970 bits per heavy atom. The maximum Gasteiger partial charge on any atom is 0.245 e. The van der Waals surface area contributed by atoms with Gasteiger partial charge in [-0.2, -0.15) is 0 Å². The molecule has 0 saturated carbocycles. The highest BCUT2D eigenvalue weighted by molar-refractivity contribution is 5.88. The van der Waals surface area contributed by atoms with Gasteiger partial charge in [-0.05, 0) is 82.3 Å². The van der Waals surface area contributed by atoms with Crippen LogP contribution in [0.4, 0.5) is 0 Å². The quantitative estimate of drug-likeness (QED) is 0.528. The topological polar surface area (TPSA) is 59.1 Å². The van der Waals surface area contributed by atoms with Gasteiger partial charge in [0.2, 0.25) is 11.8 Å². The molecular weight excluding hydrogens is 416 g/mol. The maximum absolute atomic E-state index is 13.5. The fourth-order valence-corrected chi connectivity index (χ4v) is 5.95. The summed E-state index contributed by atoms with van der Waals surface area (Å²) in [7, 11) is 0. The SMILES string of the molecule is CCOC(OCC)[C@@H]1CCCN1C(=O)[C@@H]1CCCN1C(=O)CC[C@@H]1CCc2ccccc2C1. The molecule has 0 spiro atoms. The zero-order chi connectivity index (χ0) is 23.2. The van der Waals surface area contributed by atoms with Gasteiger partial charge in [0.25, 0.3) is 0 Å². The summed E-state index contributed by atoms with van der Waals surface area (Å²) in [5, 5.41) is 0. The number of benzene rings is 1. The predicted octanol–water partition coefficient (Wildman–Crippen LogP) is 3.95. The Bertz CT molecular complexity index is 807. The first-order valence-electron chi connectivity index (χ1n) is 13.0. The zero-order valence-electron chi connectivity index (χ0n) is 20.3. The summed E-state index contributed by atoms with van der Waals surface area (Å²) in [6.45, 7) is 6.44. The van der Waals surface area contributed by atoms with Crippen LogP contribution in [0.1, 0.15) is 69.9 Å². The number of carbonyl (C=O) groups excluding carboxylic acids is 2. The van der Waals surface area contributed by atoms with Gasteiger partial charge in [-0.25, -0.2) is 0 Å². The van der Waals surface area contributed by atoms with Crippen LogP contribution in [0.5, 0.6) is 0 Å². The predicted molar refractivity (Wildman–Crippen MR) is 128 cm³/mol. The molecule has 182 valence electrons. The molecule has 0 aromatic heterocycles. The lowest BCUT2D eigenvalue weighted by Crippen LogP contribution is -2.52. The fraction of sp³-hybridized carbons (Fsp3) is 0.704. The third-order valence-corrected chi connectivity index (χ3v) is 7.63. The number of nitrogens with zero attached hydrogens (tertiary/aromatic N) is 2. The summed E-state index contributed by atoms with van der Waals surface area (Å²) in [6, 6.07) is 8.29. The van der Waals surface area contributed by atoms with Crippen molar-refractivity contribution in [1.29, 1.82) is 0 Å². The van der Waals surface area contributed by atoms with Gasteiger partial charge in [0.05, 0.1) is 6.04 Å². The average Bonchev–Trinajstić information content (AvgIpc) is 3.52. The number of likely N-dealkylation sites (tertiary alicyclic amines) is 2. The molecule has 3 aliphatic rings. The van der Waals surface area contributed by atoms with Crippen molar-refractivity contribution in [3.63, 3.8) is 0 Å². The van der Waals surface area contributed by atoms with E-state index in [0.29, 0.717) is 32.1 Å². The highest BCUT2D eigenvalue weighted by Gasteiger charge is 2.42. The molecule has 0 N–H and O–H groups in total. The summed E-state index contributed by atoms with van der Waals surface area (Å²) < 4.78 is 11.6. The number of hydrogen-bond acceptors (Lipinski definition) is 4. The lowest BCUT2D eigenvalue weighted by Gasteiger charge is -2.35. The van der Waals surface area contributed by atoms with Gasteiger partial charge in [-0.1, -0.05) is 24.3 Å². The zero-order valence-corrected chi connectivity index (χ0v) is 20.3. The third kappa shape index (κ3) is 5.60. The summed E-state index contributed by atoms with van der Waals surface area (Å²) in [4.78, 5) is 30.5. The van der Waals surface area contributed by atoms with Gasteiger partial charge in [0, 0.05) is 32.7 Å². The molecule has 0 radical (unpaired) electrons. The van der Waals surface area contributed by atoms with Crippen LogP contribution in [0.15, 0.2) is 24.3 Å². The number of aryl methyl sites for hydroxylation is 1. The Hall–Kier alpha value is -1.92. The number of amides is 2. The first-order valence-corrected chi connectivity index (χ1v) is 13.0. The van der Waals surface area contributed by atoms with E-state index in [-0.39, 0.29) is 30.2 Å². The van der Waals surface area contributed by atoms with Crippen LogP contribution in [-0.4, -0.2) is 66.3 Å². The molecule has 0 bridgehead atoms. The van der Waals surface area contributed by atoms with Gasteiger partial charge in [-0.15, -0.1) is 0 Å². The Morgan fingerprint density at radius 3 is 2.42 bits per heavy atom. The highest BCUT2D eigenvalue weighted by atomic mass is 16.7. The molecule has 33 heavy (non-hydrogen) atoms. The standard InChI is InChI=1S/C27H40N2O4/c1-3-32-27(33-4-2)24-12-8-18-29(24)26(31)23-11-7-17-28(23)25(30)16-14-20-13-15-21-9-5-6-10-22(21)19-20/h5-6,9-10,20,23-24,27H,3-4,7-8,11-19H2,1-2H3/t20-,23-,24-/m0/s1. The van der Waals surface area contributed by atoms with Crippen molar-refractivity contribution in [2.75, 3.05) is 26.3 Å². The lowest BCUT2D eigenvalue weighted by atomic mass is 9.81. The van der Waals surface area contributed by atoms with E-state index in [2.05, 4.69) is 24.3 Å². The van der Waals surface area contributed by atoms with Crippen molar-refractivity contribution in [1.82, 2.24) is 9.80 Å². The van der Waals surface area contributed by atoms with Crippen LogP contribution in [0.2, 0.25) is 0 Å². The molecule has 0 unspecified atom stereocenters. The van der Waals surface area contributed by atoms with Gasteiger partial charge in [0.1, 0.15) is 6.04 Å². The molecule has 2 heterocycles. The second-order valence-electron chi connectivity index (χ2n) is 9.68. The number of ether oxygens (including phenoxy) is 2. The van der Waals surface area contributed by atoms with E-state index in [9.17, 15) is 9.59 Å². The molecule has 6 nitrogen and oxygen atoms in total. The molecule has 2 saturated heterocycles. The van der Waals surface area contributed by atoms with E-state index in [1.807, 2.05) is 23.6 Å². The summed E-state index contributed by atoms with van der Waals surface area (Å²) in [6.07, 6.45) is 7.90. The van der Waals surface area contributed by atoms with Crippen molar-refractivity contribution in [2.45, 2.75) is 90.0 Å². The van der Waals surface area contributed by atoms with Crippen molar-refractivity contribution < 1.29 is 19.1 Å². The van der Waals surface area contributed by atoms with E-state index < -0.39 is 0 Å². The molecule has 1 aliphatic carbocycles. The van der Waals surface area contributed by atoms with Gasteiger partial charge >= 0.3 is 0 Å². The second kappa shape index (κ2) is 11.5. The maximum atomic E-state index is 13.5. The normalized spacial score (nSPS) is 25.0. The molecule has 4 rings (SSSR count). The van der Waals surface area contributed by atoms with Crippen molar-refractivity contribution in [3.8, 4) is 0 Å². The minimum atomic E-state index is -0.383. The number of hydrogen-bond donors (Lipinski definition) is 0. The number of fused-ring (bicyclic) bond motifs is 1. The van der Waals surface area contributed by atoms with E-state index >= 15 is 0 Å². The first-order chi connectivity index (χ1) is 16.1. The fourth-order valence-electron chi connectivity index (χ4n) is 5.95.